The molecule has 0 spiro atoms. The molecule has 0 saturated carbocycles. The van der Waals surface area contributed by atoms with Crippen molar-refractivity contribution in [2.75, 3.05) is 19.5 Å². The monoisotopic (exact) mass is 209 g/mol. The molecule has 0 aliphatic rings. The molecule has 0 saturated heterocycles. The van der Waals surface area contributed by atoms with Crippen LogP contribution in [0.25, 0.3) is 0 Å². The molecule has 0 radical (unpaired) electrons. The van der Waals surface area contributed by atoms with E-state index in [1.54, 1.807) is 13.2 Å². The van der Waals surface area contributed by atoms with Crippen molar-refractivity contribution in [3.8, 4) is 11.5 Å². The molecular weight excluding hydrogens is 190 g/mol. The average Bonchev–Trinajstić information content (AvgIpc) is 2.23. The Morgan fingerprint density at radius 2 is 1.87 bits per heavy atom. The summed E-state index contributed by atoms with van der Waals surface area (Å²) in [6, 6.07) is 5.44. The van der Waals surface area contributed by atoms with E-state index in [0.717, 1.165) is 24.5 Å². The van der Waals surface area contributed by atoms with E-state index in [2.05, 4.69) is 6.92 Å². The third-order valence-electron chi connectivity index (χ3n) is 2.15. The van der Waals surface area contributed by atoms with Crippen LogP contribution >= 0.6 is 0 Å². The minimum absolute atomic E-state index is 0.667. The summed E-state index contributed by atoms with van der Waals surface area (Å²) in [5.74, 6) is 1.52. The van der Waals surface area contributed by atoms with Gasteiger partial charge in [-0.1, -0.05) is 19.8 Å². The van der Waals surface area contributed by atoms with Crippen molar-refractivity contribution in [3.05, 3.63) is 18.2 Å². The highest BCUT2D eigenvalue weighted by Crippen LogP contribution is 2.24. The first kappa shape index (κ1) is 11.7. The Bertz CT molecular complexity index is 300. The van der Waals surface area contributed by atoms with Crippen molar-refractivity contribution in [3.63, 3.8) is 0 Å². The normalized spacial score (nSPS) is 10.0. The largest absolute Gasteiger partial charge is 0.497 e. The fraction of sp³-hybridized carbons (Fsp3) is 0.500. The number of methoxy groups -OCH3 is 1. The van der Waals surface area contributed by atoms with Gasteiger partial charge in [-0.3, -0.25) is 0 Å². The van der Waals surface area contributed by atoms with Crippen LogP contribution in [0.1, 0.15) is 26.2 Å². The van der Waals surface area contributed by atoms with Crippen LogP contribution in [-0.2, 0) is 0 Å². The summed E-state index contributed by atoms with van der Waals surface area (Å²) < 4.78 is 10.7. The molecule has 1 rings (SSSR count). The molecule has 0 fully saturated rings. The quantitative estimate of drug-likeness (QED) is 0.578. The molecule has 2 N–H and O–H groups in total. The third kappa shape index (κ3) is 4.11. The zero-order valence-corrected chi connectivity index (χ0v) is 9.45. The Hall–Kier alpha value is -1.38. The average molecular weight is 209 g/mol. The van der Waals surface area contributed by atoms with E-state index >= 15 is 0 Å². The van der Waals surface area contributed by atoms with Crippen LogP contribution < -0.4 is 15.2 Å². The molecule has 0 atom stereocenters. The number of unbranched alkanes of at least 4 members (excludes halogenated alkanes) is 2. The van der Waals surface area contributed by atoms with Gasteiger partial charge in [0.2, 0.25) is 0 Å². The van der Waals surface area contributed by atoms with Crippen LogP contribution in [0.15, 0.2) is 18.2 Å². The number of benzene rings is 1. The van der Waals surface area contributed by atoms with Crippen molar-refractivity contribution in [2.45, 2.75) is 26.2 Å². The molecule has 3 heteroatoms. The van der Waals surface area contributed by atoms with Gasteiger partial charge < -0.3 is 15.2 Å². The van der Waals surface area contributed by atoms with E-state index in [1.165, 1.54) is 12.8 Å². The predicted octanol–water partition coefficient (Wildman–Crippen LogP) is 2.85. The molecule has 0 bridgehead atoms. The fourth-order valence-electron chi connectivity index (χ4n) is 1.34. The van der Waals surface area contributed by atoms with E-state index < -0.39 is 0 Å². The Morgan fingerprint density at radius 1 is 1.13 bits per heavy atom. The molecule has 15 heavy (non-hydrogen) atoms. The number of ether oxygens (including phenoxy) is 2. The maximum absolute atomic E-state index is 5.71. The second-order valence-electron chi connectivity index (χ2n) is 3.50. The summed E-state index contributed by atoms with van der Waals surface area (Å²) in [6.07, 6.45) is 3.47. The summed E-state index contributed by atoms with van der Waals surface area (Å²) in [5.41, 5.74) is 6.37. The van der Waals surface area contributed by atoms with E-state index in [9.17, 15) is 0 Å². The molecule has 0 heterocycles. The number of hydrogen-bond acceptors (Lipinski definition) is 3. The molecule has 1 aromatic carbocycles. The maximum Gasteiger partial charge on any atom is 0.125 e. The minimum Gasteiger partial charge on any atom is -0.497 e. The second kappa shape index (κ2) is 6.17. The van der Waals surface area contributed by atoms with Crippen LogP contribution in [0.2, 0.25) is 0 Å². The number of nitrogens with two attached hydrogens (primary N) is 1. The Balaban J connectivity index is 2.49. The fourth-order valence-corrected chi connectivity index (χ4v) is 1.34. The van der Waals surface area contributed by atoms with E-state index in [4.69, 9.17) is 15.2 Å². The zero-order valence-electron chi connectivity index (χ0n) is 9.45. The Kier molecular flexibility index (Phi) is 4.81. The van der Waals surface area contributed by atoms with Crippen LogP contribution in [0, 0.1) is 0 Å². The van der Waals surface area contributed by atoms with Crippen LogP contribution in [0.5, 0.6) is 11.5 Å². The van der Waals surface area contributed by atoms with E-state index in [-0.39, 0.29) is 0 Å². The zero-order chi connectivity index (χ0) is 11.1. The van der Waals surface area contributed by atoms with Gasteiger partial charge in [0, 0.05) is 23.9 Å². The number of anilines is 1. The van der Waals surface area contributed by atoms with Crippen LogP contribution in [0.3, 0.4) is 0 Å². The summed E-state index contributed by atoms with van der Waals surface area (Å²) >= 11 is 0. The Morgan fingerprint density at radius 3 is 2.53 bits per heavy atom. The molecular formula is C12H19NO2. The lowest BCUT2D eigenvalue weighted by molar-refractivity contribution is 0.304. The number of hydrogen-bond donors (Lipinski definition) is 1. The van der Waals surface area contributed by atoms with Gasteiger partial charge in [0.05, 0.1) is 13.7 Å². The van der Waals surface area contributed by atoms with Crippen molar-refractivity contribution < 1.29 is 9.47 Å². The lowest BCUT2D eigenvalue weighted by Crippen LogP contribution is -1.98. The summed E-state index contributed by atoms with van der Waals surface area (Å²) in [7, 11) is 1.62. The van der Waals surface area contributed by atoms with Gasteiger partial charge in [0.1, 0.15) is 11.5 Å². The first-order valence-corrected chi connectivity index (χ1v) is 5.33. The van der Waals surface area contributed by atoms with Gasteiger partial charge in [-0.2, -0.15) is 0 Å². The maximum atomic E-state index is 5.71. The van der Waals surface area contributed by atoms with Crippen molar-refractivity contribution in [2.24, 2.45) is 0 Å². The lowest BCUT2D eigenvalue weighted by atomic mass is 10.2. The van der Waals surface area contributed by atoms with Gasteiger partial charge in [-0.25, -0.2) is 0 Å². The van der Waals surface area contributed by atoms with E-state index in [1.807, 2.05) is 12.1 Å². The molecule has 1 aromatic rings. The number of nitrogen functional groups attached to an aromatic ring is 1. The van der Waals surface area contributed by atoms with Crippen molar-refractivity contribution in [1.82, 2.24) is 0 Å². The number of rotatable bonds is 6. The second-order valence-corrected chi connectivity index (χ2v) is 3.50. The first-order chi connectivity index (χ1) is 7.26. The standard InChI is InChI=1S/C12H19NO2/c1-3-4-5-6-15-12-8-10(13)7-11(9-12)14-2/h7-9H,3-6,13H2,1-2H3. The van der Waals surface area contributed by atoms with Crippen molar-refractivity contribution in [1.29, 1.82) is 0 Å². The highest BCUT2D eigenvalue weighted by atomic mass is 16.5. The molecule has 0 aliphatic heterocycles. The highest BCUT2D eigenvalue weighted by Gasteiger charge is 1.99. The van der Waals surface area contributed by atoms with Gasteiger partial charge in [0.15, 0.2) is 0 Å². The predicted molar refractivity (Wildman–Crippen MR) is 62.4 cm³/mol. The molecule has 0 aromatic heterocycles. The smallest absolute Gasteiger partial charge is 0.125 e. The molecule has 0 amide bonds. The third-order valence-corrected chi connectivity index (χ3v) is 2.15. The van der Waals surface area contributed by atoms with Gasteiger partial charge in [-0.05, 0) is 6.42 Å². The van der Waals surface area contributed by atoms with Gasteiger partial charge in [-0.15, -0.1) is 0 Å². The topological polar surface area (TPSA) is 44.5 Å². The minimum atomic E-state index is 0.667. The molecule has 3 nitrogen and oxygen atoms in total. The van der Waals surface area contributed by atoms with E-state index in [0.29, 0.717) is 5.69 Å². The first-order valence-electron chi connectivity index (χ1n) is 5.33. The molecule has 84 valence electrons. The van der Waals surface area contributed by atoms with Crippen LogP contribution in [0.4, 0.5) is 5.69 Å². The van der Waals surface area contributed by atoms with Gasteiger partial charge in [0.25, 0.3) is 0 Å². The Labute approximate surface area is 91.2 Å². The van der Waals surface area contributed by atoms with Crippen molar-refractivity contribution >= 4 is 5.69 Å². The summed E-state index contributed by atoms with van der Waals surface area (Å²) in [6.45, 7) is 2.91. The summed E-state index contributed by atoms with van der Waals surface area (Å²) in [4.78, 5) is 0. The summed E-state index contributed by atoms with van der Waals surface area (Å²) in [5, 5.41) is 0. The van der Waals surface area contributed by atoms with Crippen LogP contribution in [-0.4, -0.2) is 13.7 Å². The SMILES string of the molecule is CCCCCOc1cc(N)cc(OC)c1. The molecule has 0 unspecified atom stereocenters. The highest BCUT2D eigenvalue weighted by molar-refractivity contribution is 5.50. The molecule has 0 aliphatic carbocycles. The lowest BCUT2D eigenvalue weighted by Gasteiger charge is -2.08. The van der Waals surface area contributed by atoms with Gasteiger partial charge >= 0.3 is 0 Å².